The van der Waals surface area contributed by atoms with Crippen LogP contribution in [-0.2, 0) is 6.42 Å². The summed E-state index contributed by atoms with van der Waals surface area (Å²) >= 11 is 1.49. The summed E-state index contributed by atoms with van der Waals surface area (Å²) < 4.78 is 5.85. The number of hydrogen-bond acceptors (Lipinski definition) is 5. The minimum Gasteiger partial charge on any atom is -0.489 e. The van der Waals surface area contributed by atoms with Crippen molar-refractivity contribution in [3.63, 3.8) is 0 Å². The van der Waals surface area contributed by atoms with E-state index in [9.17, 15) is 9.90 Å². The number of aliphatic hydroxyl groups is 1. The van der Waals surface area contributed by atoms with Gasteiger partial charge in [0.25, 0.3) is 0 Å². The van der Waals surface area contributed by atoms with Crippen LogP contribution in [0.25, 0.3) is 0 Å². The number of aryl methyl sites for hydroxylation is 2. The lowest BCUT2D eigenvalue weighted by Gasteiger charge is -2.14. The normalized spacial score (nSPS) is 11.7. The van der Waals surface area contributed by atoms with Crippen LogP contribution in [0.2, 0.25) is 0 Å². The van der Waals surface area contributed by atoms with Crippen LogP contribution in [0.3, 0.4) is 0 Å². The molecule has 0 aliphatic rings. The van der Waals surface area contributed by atoms with Crippen molar-refractivity contribution in [1.82, 2.24) is 5.32 Å². The third kappa shape index (κ3) is 7.26. The van der Waals surface area contributed by atoms with Crippen LogP contribution in [0.5, 0.6) is 5.75 Å². The molecular weight excluding hydrogens is 382 g/mol. The average molecular weight is 412 g/mol. The molecule has 0 aliphatic heterocycles. The maximum absolute atomic E-state index is 12.7. The highest BCUT2D eigenvalue weighted by molar-refractivity contribution is 7.14. The predicted molar refractivity (Wildman–Crippen MR) is 115 cm³/mol. The molecule has 0 saturated heterocycles. The van der Waals surface area contributed by atoms with Crippen LogP contribution in [0.1, 0.15) is 45.4 Å². The van der Waals surface area contributed by atoms with Crippen LogP contribution in [-0.4, -0.2) is 36.7 Å². The highest BCUT2D eigenvalue weighted by atomic mass is 35.5. The van der Waals surface area contributed by atoms with Gasteiger partial charge in [0.15, 0.2) is 5.78 Å². The molecule has 0 bridgehead atoms. The van der Waals surface area contributed by atoms with E-state index in [0.717, 1.165) is 35.4 Å². The van der Waals surface area contributed by atoms with E-state index in [1.807, 2.05) is 44.2 Å². The van der Waals surface area contributed by atoms with Gasteiger partial charge in [-0.3, -0.25) is 4.79 Å². The summed E-state index contributed by atoms with van der Waals surface area (Å²) in [4.78, 5) is 14.5. The Kier molecular flexibility index (Phi) is 10.6. The minimum atomic E-state index is -0.589. The van der Waals surface area contributed by atoms with Crippen molar-refractivity contribution in [2.24, 2.45) is 0 Å². The first-order valence-corrected chi connectivity index (χ1v) is 10.0. The van der Waals surface area contributed by atoms with Crippen molar-refractivity contribution in [3.05, 3.63) is 51.2 Å². The SMILES string of the molecule is CCCNCC(O)COc1c(C(=O)CCc2ccccc2)sc(C)c1C.Cl. The fourth-order valence-corrected chi connectivity index (χ4v) is 3.74. The summed E-state index contributed by atoms with van der Waals surface area (Å²) in [5.41, 5.74) is 2.15. The zero-order chi connectivity index (χ0) is 18.9. The number of ether oxygens (including phenoxy) is 1. The first kappa shape index (κ1) is 23.6. The molecule has 0 radical (unpaired) electrons. The lowest BCUT2D eigenvalue weighted by atomic mass is 10.1. The van der Waals surface area contributed by atoms with Gasteiger partial charge in [0.05, 0.1) is 0 Å². The molecule has 0 fully saturated rings. The van der Waals surface area contributed by atoms with E-state index >= 15 is 0 Å². The quantitative estimate of drug-likeness (QED) is 0.426. The number of rotatable bonds is 11. The van der Waals surface area contributed by atoms with Crippen LogP contribution < -0.4 is 10.1 Å². The van der Waals surface area contributed by atoms with Crippen LogP contribution in [0, 0.1) is 13.8 Å². The Hall–Kier alpha value is -1.40. The van der Waals surface area contributed by atoms with Gasteiger partial charge in [0.2, 0.25) is 0 Å². The van der Waals surface area contributed by atoms with Gasteiger partial charge in [0.1, 0.15) is 23.3 Å². The van der Waals surface area contributed by atoms with E-state index in [1.165, 1.54) is 11.3 Å². The number of hydrogen-bond donors (Lipinski definition) is 2. The number of carbonyl (C=O) groups excluding carboxylic acids is 1. The molecule has 0 saturated carbocycles. The van der Waals surface area contributed by atoms with E-state index in [1.54, 1.807) is 0 Å². The van der Waals surface area contributed by atoms with Crippen molar-refractivity contribution >= 4 is 29.5 Å². The molecule has 2 rings (SSSR count). The summed E-state index contributed by atoms with van der Waals surface area (Å²) in [7, 11) is 0. The average Bonchev–Trinajstić information content (AvgIpc) is 2.93. The highest BCUT2D eigenvalue weighted by Gasteiger charge is 2.21. The highest BCUT2D eigenvalue weighted by Crippen LogP contribution is 2.35. The number of thiophene rings is 1. The van der Waals surface area contributed by atoms with Gasteiger partial charge in [0, 0.05) is 23.4 Å². The molecule has 1 heterocycles. The second kappa shape index (κ2) is 12.1. The van der Waals surface area contributed by atoms with Gasteiger partial charge < -0.3 is 15.2 Å². The van der Waals surface area contributed by atoms with Gasteiger partial charge in [-0.25, -0.2) is 0 Å². The van der Waals surface area contributed by atoms with E-state index in [4.69, 9.17) is 4.74 Å². The van der Waals surface area contributed by atoms with Gasteiger partial charge in [-0.2, -0.15) is 0 Å². The minimum absolute atomic E-state index is 0. The van der Waals surface area contributed by atoms with Crippen molar-refractivity contribution in [2.45, 2.75) is 46.1 Å². The summed E-state index contributed by atoms with van der Waals surface area (Å²) in [6.45, 7) is 7.61. The van der Waals surface area contributed by atoms with Gasteiger partial charge in [-0.15, -0.1) is 23.7 Å². The number of aliphatic hydroxyl groups excluding tert-OH is 1. The lowest BCUT2D eigenvalue weighted by Crippen LogP contribution is -2.32. The number of nitrogens with one attached hydrogen (secondary N) is 1. The smallest absolute Gasteiger partial charge is 0.176 e. The molecule has 27 heavy (non-hydrogen) atoms. The standard InChI is InChI=1S/C21H29NO3S.ClH/c1-4-12-22-13-18(23)14-25-20-15(2)16(3)26-21(20)19(24)11-10-17-8-6-5-7-9-17;/h5-9,18,22-23H,4,10-14H2,1-3H3;1H. The summed E-state index contributed by atoms with van der Waals surface area (Å²) in [6.07, 6.45) is 1.61. The Morgan fingerprint density at radius 2 is 1.96 bits per heavy atom. The Bertz CT molecular complexity index is 703. The third-order valence-electron chi connectivity index (χ3n) is 4.29. The molecule has 4 nitrogen and oxygen atoms in total. The second-order valence-corrected chi connectivity index (χ2v) is 7.74. The van der Waals surface area contributed by atoms with Crippen LogP contribution in [0.4, 0.5) is 0 Å². The maximum Gasteiger partial charge on any atom is 0.176 e. The monoisotopic (exact) mass is 411 g/mol. The molecule has 2 aromatic rings. The lowest BCUT2D eigenvalue weighted by molar-refractivity contribution is 0.0955. The number of Topliss-reactive ketones (excluding diaryl/α,β-unsaturated/α-hetero) is 1. The van der Waals surface area contributed by atoms with Crippen LogP contribution in [0.15, 0.2) is 30.3 Å². The maximum atomic E-state index is 12.7. The summed E-state index contributed by atoms with van der Waals surface area (Å²) in [6, 6.07) is 10.0. The zero-order valence-electron chi connectivity index (χ0n) is 16.3. The first-order chi connectivity index (χ1) is 12.5. The Morgan fingerprint density at radius 1 is 1.26 bits per heavy atom. The molecular formula is C21H30ClNO3S. The molecule has 1 unspecified atom stereocenters. The topological polar surface area (TPSA) is 58.6 Å². The predicted octanol–water partition coefficient (Wildman–Crippen LogP) is 4.34. The molecule has 6 heteroatoms. The van der Waals surface area contributed by atoms with Gasteiger partial charge >= 0.3 is 0 Å². The van der Waals surface area contributed by atoms with Crippen molar-refractivity contribution in [3.8, 4) is 5.75 Å². The molecule has 1 atom stereocenters. The molecule has 150 valence electrons. The molecule has 0 aliphatic carbocycles. The second-order valence-electron chi connectivity index (χ2n) is 6.52. The fourth-order valence-electron chi connectivity index (χ4n) is 2.66. The molecule has 2 N–H and O–H groups in total. The Labute approximate surface area is 172 Å². The van der Waals surface area contributed by atoms with Crippen molar-refractivity contribution < 1.29 is 14.6 Å². The van der Waals surface area contributed by atoms with E-state index in [2.05, 4.69) is 12.2 Å². The van der Waals surface area contributed by atoms with Gasteiger partial charge in [-0.05, 0) is 38.8 Å². The number of carbonyl (C=O) groups is 1. The molecule has 0 spiro atoms. The summed E-state index contributed by atoms with van der Waals surface area (Å²) in [5.74, 6) is 0.740. The number of halogens is 1. The van der Waals surface area contributed by atoms with E-state index < -0.39 is 6.10 Å². The van der Waals surface area contributed by atoms with E-state index in [-0.39, 0.29) is 24.8 Å². The Morgan fingerprint density at radius 3 is 2.63 bits per heavy atom. The zero-order valence-corrected chi connectivity index (χ0v) is 17.9. The number of benzene rings is 1. The fraction of sp³-hybridized carbons (Fsp3) is 0.476. The largest absolute Gasteiger partial charge is 0.489 e. The van der Waals surface area contributed by atoms with Crippen molar-refractivity contribution in [1.29, 1.82) is 0 Å². The van der Waals surface area contributed by atoms with Gasteiger partial charge in [-0.1, -0.05) is 37.3 Å². The van der Waals surface area contributed by atoms with E-state index in [0.29, 0.717) is 23.6 Å². The summed E-state index contributed by atoms with van der Waals surface area (Å²) in [5, 5.41) is 13.2. The molecule has 1 aromatic heterocycles. The molecule has 0 amide bonds. The first-order valence-electron chi connectivity index (χ1n) is 9.21. The number of ketones is 1. The molecule has 1 aromatic carbocycles. The van der Waals surface area contributed by atoms with Crippen molar-refractivity contribution in [2.75, 3.05) is 19.7 Å². The third-order valence-corrected chi connectivity index (χ3v) is 5.52. The Balaban J connectivity index is 0.00000364. The van der Waals surface area contributed by atoms with Crippen LogP contribution >= 0.6 is 23.7 Å².